The Balaban J connectivity index is 1.88. The average molecular weight is 323 g/mol. The summed E-state index contributed by atoms with van der Waals surface area (Å²) in [5.74, 6) is -0.248. The van der Waals surface area contributed by atoms with E-state index in [1.54, 1.807) is 54.2 Å². The van der Waals surface area contributed by atoms with Crippen LogP contribution in [0.3, 0.4) is 0 Å². The van der Waals surface area contributed by atoms with E-state index < -0.39 is 11.7 Å². The van der Waals surface area contributed by atoms with Crippen LogP contribution >= 0.6 is 0 Å². The molecule has 0 spiro atoms. The number of nitriles is 1. The largest absolute Gasteiger partial charge is 0.443 e. The van der Waals surface area contributed by atoms with E-state index in [-0.39, 0.29) is 23.6 Å². The van der Waals surface area contributed by atoms with Gasteiger partial charge >= 0.3 is 0 Å². The van der Waals surface area contributed by atoms with Crippen molar-refractivity contribution in [3.8, 4) is 12.0 Å². The number of furan rings is 1. The molecular weight excluding hydrogens is 309 g/mol. The molecule has 0 radical (unpaired) electrons. The van der Waals surface area contributed by atoms with Gasteiger partial charge in [-0.25, -0.2) is 4.39 Å². The lowest BCUT2D eigenvalue weighted by Crippen LogP contribution is -2.24. The van der Waals surface area contributed by atoms with Gasteiger partial charge < -0.3 is 9.73 Å². The van der Waals surface area contributed by atoms with E-state index in [4.69, 9.17) is 4.42 Å². The third kappa shape index (κ3) is 2.79. The zero-order valence-corrected chi connectivity index (χ0v) is 12.9. The van der Waals surface area contributed by atoms with E-state index >= 15 is 0 Å². The van der Waals surface area contributed by atoms with Crippen LogP contribution in [-0.4, -0.2) is 10.5 Å². The van der Waals surface area contributed by atoms with Crippen molar-refractivity contribution in [1.29, 1.82) is 5.26 Å². The summed E-state index contributed by atoms with van der Waals surface area (Å²) in [7, 11) is 0. The number of halogens is 1. The fraction of sp³-hybridized carbons (Fsp3) is 0.111. The molecule has 0 aliphatic rings. The van der Waals surface area contributed by atoms with Crippen LogP contribution in [-0.2, 0) is 6.54 Å². The molecule has 3 rings (SSSR count). The van der Waals surface area contributed by atoms with Gasteiger partial charge in [0.2, 0.25) is 5.88 Å². The predicted molar refractivity (Wildman–Crippen MR) is 85.1 cm³/mol. The second-order valence-electron chi connectivity index (χ2n) is 5.19. The lowest BCUT2D eigenvalue weighted by atomic mass is 10.1. The maximum atomic E-state index is 13.6. The van der Waals surface area contributed by atoms with Crippen molar-refractivity contribution in [1.82, 2.24) is 9.88 Å². The van der Waals surface area contributed by atoms with Gasteiger partial charge in [0.15, 0.2) is 0 Å². The van der Waals surface area contributed by atoms with Gasteiger partial charge in [0.1, 0.15) is 28.8 Å². The SMILES string of the molecule is Cc1oc(-n2cccc2)c(C#N)c1C(=O)NCc1ccccc1F. The van der Waals surface area contributed by atoms with Gasteiger partial charge in [0.25, 0.3) is 5.91 Å². The van der Waals surface area contributed by atoms with Crippen molar-refractivity contribution in [2.75, 3.05) is 0 Å². The molecule has 2 heterocycles. The van der Waals surface area contributed by atoms with Crippen molar-refractivity contribution in [3.05, 3.63) is 77.1 Å². The number of benzene rings is 1. The average Bonchev–Trinajstić information content (AvgIpc) is 3.20. The summed E-state index contributed by atoms with van der Waals surface area (Å²) >= 11 is 0. The topological polar surface area (TPSA) is 71.0 Å². The molecule has 1 N–H and O–H groups in total. The first-order valence-corrected chi connectivity index (χ1v) is 7.30. The van der Waals surface area contributed by atoms with Crippen LogP contribution < -0.4 is 5.32 Å². The summed E-state index contributed by atoms with van der Waals surface area (Å²) in [5, 5.41) is 12.1. The molecule has 0 bridgehead atoms. The first kappa shape index (κ1) is 15.6. The molecule has 0 unspecified atom stereocenters. The van der Waals surface area contributed by atoms with Crippen LogP contribution in [0.15, 0.2) is 53.2 Å². The van der Waals surface area contributed by atoms with E-state index in [0.29, 0.717) is 11.3 Å². The van der Waals surface area contributed by atoms with Gasteiger partial charge in [-0.05, 0) is 25.1 Å². The molecule has 0 aliphatic carbocycles. The van der Waals surface area contributed by atoms with Crippen LogP contribution in [0.2, 0.25) is 0 Å². The molecule has 0 aliphatic heterocycles. The number of nitrogens with zero attached hydrogens (tertiary/aromatic N) is 2. The Hall–Kier alpha value is -3.33. The highest BCUT2D eigenvalue weighted by atomic mass is 19.1. The molecule has 0 fully saturated rings. The van der Waals surface area contributed by atoms with Crippen LogP contribution in [0, 0.1) is 24.1 Å². The molecule has 5 nitrogen and oxygen atoms in total. The number of nitrogens with one attached hydrogen (secondary N) is 1. The molecule has 3 aromatic rings. The Kier molecular flexibility index (Phi) is 4.17. The number of hydrogen-bond acceptors (Lipinski definition) is 3. The molecule has 24 heavy (non-hydrogen) atoms. The van der Waals surface area contributed by atoms with Crippen molar-refractivity contribution >= 4 is 5.91 Å². The van der Waals surface area contributed by atoms with Gasteiger partial charge in [-0.3, -0.25) is 9.36 Å². The smallest absolute Gasteiger partial charge is 0.256 e. The lowest BCUT2D eigenvalue weighted by Gasteiger charge is -2.06. The minimum absolute atomic E-state index is 0.0276. The van der Waals surface area contributed by atoms with Gasteiger partial charge in [-0.2, -0.15) is 5.26 Å². The Morgan fingerprint density at radius 1 is 1.29 bits per heavy atom. The molecule has 0 atom stereocenters. The fourth-order valence-electron chi connectivity index (χ4n) is 2.46. The first-order valence-electron chi connectivity index (χ1n) is 7.30. The Labute approximate surface area is 137 Å². The van der Waals surface area contributed by atoms with E-state index in [0.717, 1.165) is 0 Å². The fourth-order valence-corrected chi connectivity index (χ4v) is 2.46. The van der Waals surface area contributed by atoms with Crippen LogP contribution in [0.1, 0.15) is 27.2 Å². The molecule has 6 heteroatoms. The second kappa shape index (κ2) is 6.42. The standard InChI is InChI=1S/C18H14FN3O2/c1-12-16(14(10-20)18(24-12)22-8-4-5-9-22)17(23)21-11-13-6-2-3-7-15(13)19/h2-9H,11H2,1H3,(H,21,23). The van der Waals surface area contributed by atoms with Gasteiger partial charge in [0.05, 0.1) is 0 Å². The summed E-state index contributed by atoms with van der Waals surface area (Å²) in [6.45, 7) is 1.64. The minimum Gasteiger partial charge on any atom is -0.443 e. The van der Waals surface area contributed by atoms with Crippen LogP contribution in [0.25, 0.3) is 5.88 Å². The summed E-state index contributed by atoms with van der Waals surface area (Å²) in [5.41, 5.74) is 0.684. The molecular formula is C18H14FN3O2. The molecule has 0 saturated carbocycles. The third-order valence-electron chi connectivity index (χ3n) is 3.64. The maximum absolute atomic E-state index is 13.6. The molecule has 1 aromatic carbocycles. The summed E-state index contributed by atoms with van der Waals surface area (Å²) in [6, 6.07) is 11.8. The zero-order valence-electron chi connectivity index (χ0n) is 12.9. The second-order valence-corrected chi connectivity index (χ2v) is 5.19. The van der Waals surface area contributed by atoms with Gasteiger partial charge in [-0.1, -0.05) is 18.2 Å². The molecule has 120 valence electrons. The molecule has 2 aromatic heterocycles. The number of carbonyl (C=O) groups excluding carboxylic acids is 1. The number of amides is 1. The van der Waals surface area contributed by atoms with E-state index in [1.165, 1.54) is 6.07 Å². The van der Waals surface area contributed by atoms with E-state index in [2.05, 4.69) is 5.32 Å². The Morgan fingerprint density at radius 3 is 2.67 bits per heavy atom. The lowest BCUT2D eigenvalue weighted by molar-refractivity contribution is 0.0949. The normalized spacial score (nSPS) is 10.4. The number of aryl methyl sites for hydroxylation is 1. The molecule has 0 saturated heterocycles. The predicted octanol–water partition coefficient (Wildman–Crippen LogP) is 3.32. The Morgan fingerprint density at radius 2 is 2.00 bits per heavy atom. The number of carbonyl (C=O) groups is 1. The third-order valence-corrected chi connectivity index (χ3v) is 3.64. The van der Waals surface area contributed by atoms with Crippen LogP contribution in [0.5, 0.6) is 0 Å². The highest BCUT2D eigenvalue weighted by Gasteiger charge is 2.24. The number of rotatable bonds is 4. The van der Waals surface area contributed by atoms with Crippen molar-refractivity contribution in [3.63, 3.8) is 0 Å². The van der Waals surface area contributed by atoms with Crippen LogP contribution in [0.4, 0.5) is 4.39 Å². The minimum atomic E-state index is -0.477. The van der Waals surface area contributed by atoms with Crippen molar-refractivity contribution in [2.45, 2.75) is 13.5 Å². The van der Waals surface area contributed by atoms with Gasteiger partial charge in [0, 0.05) is 24.5 Å². The highest BCUT2D eigenvalue weighted by Crippen LogP contribution is 2.25. The molecule has 1 amide bonds. The van der Waals surface area contributed by atoms with E-state index in [1.807, 2.05) is 6.07 Å². The number of aromatic nitrogens is 1. The van der Waals surface area contributed by atoms with Crippen molar-refractivity contribution in [2.24, 2.45) is 0 Å². The quantitative estimate of drug-likeness (QED) is 0.800. The highest BCUT2D eigenvalue weighted by molar-refractivity contribution is 5.98. The van der Waals surface area contributed by atoms with E-state index in [9.17, 15) is 14.4 Å². The monoisotopic (exact) mass is 323 g/mol. The number of hydrogen-bond donors (Lipinski definition) is 1. The first-order chi connectivity index (χ1) is 11.6. The maximum Gasteiger partial charge on any atom is 0.256 e. The summed E-state index contributed by atoms with van der Waals surface area (Å²) < 4.78 is 20.8. The zero-order chi connectivity index (χ0) is 17.1. The van der Waals surface area contributed by atoms with Gasteiger partial charge in [-0.15, -0.1) is 0 Å². The summed E-state index contributed by atoms with van der Waals surface area (Å²) in [4.78, 5) is 12.5. The van der Waals surface area contributed by atoms with Crippen molar-refractivity contribution < 1.29 is 13.6 Å². The Bertz CT molecular complexity index is 920. The summed E-state index contributed by atoms with van der Waals surface area (Å²) in [6.07, 6.45) is 3.44.